The normalized spacial score (nSPS) is 25.7. The van der Waals surface area contributed by atoms with E-state index in [2.05, 4.69) is 49.2 Å². The van der Waals surface area contributed by atoms with Crippen LogP contribution in [0.25, 0.3) is 4.85 Å². The molecule has 5 fully saturated rings. The Hall–Kier alpha value is -5.45. The van der Waals surface area contributed by atoms with Gasteiger partial charge >= 0.3 is 0 Å². The number of nitrogens with zero attached hydrogens (tertiary/aromatic N) is 6. The fourth-order valence-electron chi connectivity index (χ4n) is 10.1. The van der Waals surface area contributed by atoms with E-state index in [1.54, 1.807) is 18.2 Å². The number of carbonyl (C=O) groups excluding carboxylic acids is 5. The number of piperazine rings is 1. The molecule has 2 atom stereocenters. The Kier molecular flexibility index (Phi) is 9.88. The largest absolute Gasteiger partial charge is 0.382 e. The lowest BCUT2D eigenvalue weighted by Gasteiger charge is -2.46. The summed E-state index contributed by atoms with van der Waals surface area (Å²) in [6.45, 7) is 15.5. The second-order valence-corrected chi connectivity index (χ2v) is 17.4. The molecule has 3 aromatic rings. The number of piperidine rings is 2. The van der Waals surface area contributed by atoms with Gasteiger partial charge in [-0.1, -0.05) is 17.7 Å². The highest BCUT2D eigenvalue weighted by atomic mass is 35.5. The molecular formula is C44H47ClN8O5. The molecule has 5 heterocycles. The Morgan fingerprint density at radius 1 is 0.879 bits per heavy atom. The monoisotopic (exact) mass is 802 g/mol. The summed E-state index contributed by atoms with van der Waals surface area (Å²) in [5, 5.41) is 6.25. The molecular weight excluding hydrogens is 756 g/mol. The number of nitrogens with one attached hydrogen (secondary N) is 2. The van der Waals surface area contributed by atoms with Crippen molar-refractivity contribution in [2.75, 3.05) is 60.9 Å². The standard InChI is InChI=1S/C44H47ClN8O5/c1-27-25-44(26-52(27)32-8-10-37(46-2)36(45)24-32)13-15-49(16-14-44)31-6-3-28(4-7-31)41(56)51-19-17-50(18-20-51)33-21-30(22-33)47-29-5-9-34-35(23-29)43(58)53(42(34)57)38-11-12-39(54)48-40(38)55/h3-10,23-24,27,30,33,38,47H,11-22,25-26H2,1H3,(H,48,54,55). The molecule has 2 N–H and O–H groups in total. The van der Waals surface area contributed by atoms with Gasteiger partial charge in [0.25, 0.3) is 17.7 Å². The van der Waals surface area contributed by atoms with Crippen LogP contribution in [0.2, 0.25) is 5.02 Å². The molecule has 2 unspecified atom stereocenters. The Bertz CT molecular complexity index is 2220. The van der Waals surface area contributed by atoms with E-state index in [4.69, 9.17) is 18.2 Å². The molecule has 5 aliphatic heterocycles. The van der Waals surface area contributed by atoms with E-state index < -0.39 is 29.7 Å². The number of hydrogen-bond acceptors (Lipinski definition) is 9. The van der Waals surface area contributed by atoms with Crippen LogP contribution in [0, 0.1) is 12.0 Å². The lowest BCUT2D eigenvalue weighted by molar-refractivity contribution is -0.136. The predicted molar refractivity (Wildman–Crippen MR) is 220 cm³/mol. The van der Waals surface area contributed by atoms with Crippen molar-refractivity contribution in [2.45, 2.75) is 76.0 Å². The van der Waals surface area contributed by atoms with Gasteiger partial charge in [-0.3, -0.25) is 39.1 Å². The van der Waals surface area contributed by atoms with Crippen LogP contribution >= 0.6 is 11.6 Å². The summed E-state index contributed by atoms with van der Waals surface area (Å²) in [4.78, 5) is 77.6. The van der Waals surface area contributed by atoms with Gasteiger partial charge in [0.2, 0.25) is 17.5 Å². The zero-order valence-electron chi connectivity index (χ0n) is 32.6. The molecule has 1 spiro atoms. The van der Waals surface area contributed by atoms with Crippen molar-refractivity contribution in [3.8, 4) is 0 Å². The van der Waals surface area contributed by atoms with Crippen LogP contribution in [0.15, 0.2) is 60.7 Å². The highest BCUT2D eigenvalue weighted by Gasteiger charge is 2.46. The van der Waals surface area contributed by atoms with Gasteiger partial charge in [0.1, 0.15) is 6.04 Å². The molecule has 0 radical (unpaired) electrons. The number of halogens is 1. The Balaban J connectivity index is 0.722. The zero-order chi connectivity index (χ0) is 40.3. The molecule has 5 amide bonds. The molecule has 300 valence electrons. The number of amides is 5. The SMILES string of the molecule is [C-]#[N+]c1ccc(N2CC3(CCN(c4ccc(C(=O)N5CCN(C6CC(Nc7ccc8c(c7)C(=O)N(C7CCC(=O)NC7=O)C8=O)C6)CC5)cc4)CC3)CC2C)cc1Cl. The van der Waals surface area contributed by atoms with E-state index in [9.17, 15) is 24.0 Å². The lowest BCUT2D eigenvalue weighted by atomic mass is 9.76. The molecule has 13 nitrogen and oxygen atoms in total. The summed E-state index contributed by atoms with van der Waals surface area (Å²) in [7, 11) is 0. The van der Waals surface area contributed by atoms with Crippen LogP contribution in [0.4, 0.5) is 22.7 Å². The second-order valence-electron chi connectivity index (χ2n) is 17.0. The maximum Gasteiger partial charge on any atom is 0.262 e. The first kappa shape index (κ1) is 38.1. The first-order valence-corrected chi connectivity index (χ1v) is 20.8. The average molecular weight is 803 g/mol. The summed E-state index contributed by atoms with van der Waals surface area (Å²) in [5.41, 5.74) is 5.00. The molecule has 0 bridgehead atoms. The third kappa shape index (κ3) is 6.96. The topological polar surface area (TPSA) is 130 Å². The molecule has 58 heavy (non-hydrogen) atoms. The number of fused-ring (bicyclic) bond motifs is 1. The maximum absolute atomic E-state index is 13.5. The van der Waals surface area contributed by atoms with Crippen LogP contribution in [-0.2, 0) is 9.59 Å². The predicted octanol–water partition coefficient (Wildman–Crippen LogP) is 5.58. The third-order valence-electron chi connectivity index (χ3n) is 13.5. The molecule has 14 heteroatoms. The number of rotatable bonds is 7. The molecule has 1 saturated carbocycles. The van der Waals surface area contributed by atoms with Gasteiger partial charge in [-0.05, 0) is 105 Å². The Labute approximate surface area is 343 Å². The first-order valence-electron chi connectivity index (χ1n) is 20.4. The third-order valence-corrected chi connectivity index (χ3v) is 13.8. The molecule has 1 aliphatic carbocycles. The maximum atomic E-state index is 13.5. The van der Waals surface area contributed by atoms with Gasteiger partial charge in [0.05, 0.1) is 17.7 Å². The van der Waals surface area contributed by atoms with Gasteiger partial charge in [0.15, 0.2) is 0 Å². The minimum atomic E-state index is -0.983. The summed E-state index contributed by atoms with van der Waals surface area (Å²) < 4.78 is 0. The molecule has 6 aliphatic rings. The van der Waals surface area contributed by atoms with Gasteiger partial charge in [-0.15, -0.1) is 0 Å². The van der Waals surface area contributed by atoms with E-state index in [0.717, 1.165) is 92.4 Å². The number of anilines is 3. The van der Waals surface area contributed by atoms with E-state index >= 15 is 0 Å². The Morgan fingerprint density at radius 3 is 2.28 bits per heavy atom. The smallest absolute Gasteiger partial charge is 0.262 e. The second kappa shape index (κ2) is 15.1. The summed E-state index contributed by atoms with van der Waals surface area (Å²) >= 11 is 6.38. The molecule has 4 saturated heterocycles. The number of hydrogen-bond donors (Lipinski definition) is 2. The zero-order valence-corrected chi connectivity index (χ0v) is 33.3. The van der Waals surface area contributed by atoms with Gasteiger partial charge in [0, 0.05) is 98.0 Å². The molecule has 9 rings (SSSR count). The quantitative estimate of drug-likeness (QED) is 0.233. The minimum Gasteiger partial charge on any atom is -0.382 e. The van der Waals surface area contributed by atoms with E-state index in [-0.39, 0.29) is 41.3 Å². The van der Waals surface area contributed by atoms with Crippen molar-refractivity contribution in [1.29, 1.82) is 0 Å². The van der Waals surface area contributed by atoms with Crippen LogP contribution in [0.3, 0.4) is 0 Å². The lowest BCUT2D eigenvalue weighted by Crippen LogP contribution is -2.57. The summed E-state index contributed by atoms with van der Waals surface area (Å²) in [6.07, 6.45) is 5.43. The van der Waals surface area contributed by atoms with Crippen molar-refractivity contribution in [3.05, 3.63) is 93.8 Å². The average Bonchev–Trinajstić information content (AvgIpc) is 3.66. The van der Waals surface area contributed by atoms with Crippen LogP contribution in [0.5, 0.6) is 0 Å². The van der Waals surface area contributed by atoms with Crippen molar-refractivity contribution >= 4 is 63.9 Å². The minimum absolute atomic E-state index is 0.0716. The highest BCUT2D eigenvalue weighted by Crippen LogP contribution is 2.46. The van der Waals surface area contributed by atoms with Gasteiger partial charge < -0.3 is 20.0 Å². The van der Waals surface area contributed by atoms with Gasteiger partial charge in [-0.2, -0.15) is 0 Å². The van der Waals surface area contributed by atoms with Crippen LogP contribution in [-0.4, -0.2) is 114 Å². The van der Waals surface area contributed by atoms with Crippen LogP contribution in [0.1, 0.15) is 82.9 Å². The van der Waals surface area contributed by atoms with E-state index in [1.165, 1.54) is 0 Å². The number of carbonyl (C=O) groups is 5. The summed E-state index contributed by atoms with van der Waals surface area (Å²) in [5.74, 6) is -1.96. The fourth-order valence-corrected chi connectivity index (χ4v) is 10.3. The van der Waals surface area contributed by atoms with Crippen LogP contribution < -0.4 is 20.4 Å². The van der Waals surface area contributed by atoms with Crippen molar-refractivity contribution in [2.24, 2.45) is 5.41 Å². The first-order chi connectivity index (χ1) is 28.0. The van der Waals surface area contributed by atoms with Crippen molar-refractivity contribution in [1.82, 2.24) is 20.0 Å². The highest BCUT2D eigenvalue weighted by molar-refractivity contribution is 6.33. The van der Waals surface area contributed by atoms with Gasteiger partial charge in [-0.25, -0.2) is 4.85 Å². The number of imide groups is 2. The number of benzene rings is 3. The Morgan fingerprint density at radius 2 is 1.59 bits per heavy atom. The fraction of sp³-hybridized carbons (Fsp3) is 0.455. The van der Waals surface area contributed by atoms with Crippen molar-refractivity contribution < 1.29 is 24.0 Å². The van der Waals surface area contributed by atoms with E-state index in [0.29, 0.717) is 35.9 Å². The molecule has 3 aromatic carbocycles. The molecule has 0 aromatic heterocycles. The summed E-state index contributed by atoms with van der Waals surface area (Å²) in [6, 6.07) is 19.1. The van der Waals surface area contributed by atoms with E-state index in [1.807, 2.05) is 35.2 Å². The van der Waals surface area contributed by atoms with Crippen molar-refractivity contribution in [3.63, 3.8) is 0 Å².